The van der Waals surface area contributed by atoms with Gasteiger partial charge in [0.15, 0.2) is 0 Å². The number of rotatable bonds is 15. The second kappa shape index (κ2) is 30.0. The number of nitrogens with one attached hydrogen (secondary N) is 3. The summed E-state index contributed by atoms with van der Waals surface area (Å²) in [7, 11) is 13.7. The molecule has 6 aromatic carbocycles. The third-order valence-electron chi connectivity index (χ3n) is 19.1. The number of halogens is 7. The number of nitrogens with zero attached hydrogens (tertiary/aromatic N) is 3. The predicted molar refractivity (Wildman–Crippen MR) is 362 cm³/mol. The van der Waals surface area contributed by atoms with Crippen molar-refractivity contribution in [2.45, 2.75) is 121 Å². The maximum atomic E-state index is 13.4. The van der Waals surface area contributed by atoms with Crippen LogP contribution < -0.4 is 30.2 Å². The number of thioether (sulfide) groups is 1. The first kappa shape index (κ1) is 69.9. The zero-order chi connectivity index (χ0) is 67.7. The molecule has 12 rings (SSSR count). The number of carbonyl (C=O) groups is 3. The molecule has 95 heavy (non-hydrogen) atoms. The molecule has 4 aliphatic heterocycles. The van der Waals surface area contributed by atoms with Gasteiger partial charge >= 0.3 is 12.4 Å². The third-order valence-corrected chi connectivity index (χ3v) is 20.3. The van der Waals surface area contributed by atoms with Crippen molar-refractivity contribution in [3.05, 3.63) is 194 Å². The highest BCUT2D eigenvalue weighted by Gasteiger charge is 2.39. The summed E-state index contributed by atoms with van der Waals surface area (Å²) >= 11 is 2.04. The minimum absolute atomic E-state index is 0.0781. The van der Waals surface area contributed by atoms with E-state index < -0.39 is 29.4 Å². The summed E-state index contributed by atoms with van der Waals surface area (Å²) in [6.45, 7) is 2.70. The van der Waals surface area contributed by atoms with Crippen LogP contribution in [0.2, 0.25) is 0 Å². The minimum Gasteiger partial charge on any atom is -0.488 e. The van der Waals surface area contributed by atoms with Gasteiger partial charge in [0, 0.05) is 62.6 Å². The molecule has 4 heterocycles. The Hall–Kier alpha value is -7.91. The summed E-state index contributed by atoms with van der Waals surface area (Å²) in [6, 6.07) is 37.4. The molecule has 2 aliphatic carbocycles. The van der Waals surface area contributed by atoms with Crippen molar-refractivity contribution in [2.75, 3.05) is 89.6 Å². The van der Waals surface area contributed by atoms with Crippen LogP contribution in [0.5, 0.6) is 17.2 Å². The molecule has 3 fully saturated rings. The smallest absolute Gasteiger partial charge is 0.419 e. The number of alkyl halides is 6. The van der Waals surface area contributed by atoms with Crippen molar-refractivity contribution in [1.29, 1.82) is 0 Å². The summed E-state index contributed by atoms with van der Waals surface area (Å²) in [6.07, 6.45) is 9.59. The maximum absolute atomic E-state index is 13.4. The van der Waals surface area contributed by atoms with Gasteiger partial charge in [0.05, 0.1) is 88.3 Å². The van der Waals surface area contributed by atoms with E-state index in [4.69, 9.17) is 14.2 Å². The Morgan fingerprint density at radius 2 is 0.884 bits per heavy atom. The van der Waals surface area contributed by atoms with E-state index >= 15 is 0 Å². The van der Waals surface area contributed by atoms with Gasteiger partial charge in [0.2, 0.25) is 0 Å². The van der Waals surface area contributed by atoms with Crippen molar-refractivity contribution >= 4 is 64.8 Å². The second-order valence-electron chi connectivity index (χ2n) is 27.4. The molecule has 3 N–H and O–H groups in total. The fourth-order valence-electron chi connectivity index (χ4n) is 13.6. The van der Waals surface area contributed by atoms with Crippen molar-refractivity contribution < 1.29 is 72.8 Å². The van der Waals surface area contributed by atoms with Gasteiger partial charge in [-0.15, -0.1) is 0 Å². The van der Waals surface area contributed by atoms with Crippen molar-refractivity contribution in [2.24, 2.45) is 0 Å². The SMILES string of the molecule is C[N+](C)(Cc1ccc(NC(=O)C2=Cc3c(cccc3C(F)(F)F)OC2)cc1)C1CCCCC1.C[N+](C)(Cc1ccc(NC(=O)C2=Cc3cc(F)ccc3OC2)cc1)C1CCSC1.C[N+](C)(Cc1ccc(NC(=O)C2=Cc3cccc(C(F)(F)F)c3OC2)cc1)C1CCCCC1. The first-order valence-corrected chi connectivity index (χ1v) is 33.8. The zero-order valence-electron chi connectivity index (χ0n) is 54.9. The van der Waals surface area contributed by atoms with E-state index in [0.29, 0.717) is 46.4 Å². The largest absolute Gasteiger partial charge is 0.488 e. The van der Waals surface area contributed by atoms with Gasteiger partial charge in [-0.2, -0.15) is 38.1 Å². The normalized spacial score (nSPS) is 17.5. The van der Waals surface area contributed by atoms with E-state index in [9.17, 15) is 45.1 Å². The van der Waals surface area contributed by atoms with Crippen LogP contribution in [-0.2, 0) is 46.4 Å². The Kier molecular flexibility index (Phi) is 22.1. The highest BCUT2D eigenvalue weighted by Crippen LogP contribution is 2.42. The molecule has 0 bridgehead atoms. The van der Waals surface area contributed by atoms with Gasteiger partial charge in [-0.1, -0.05) is 67.4 Å². The van der Waals surface area contributed by atoms with Crippen molar-refractivity contribution in [3.63, 3.8) is 0 Å². The number of hydrogen-bond donors (Lipinski definition) is 3. The predicted octanol–water partition coefficient (Wildman–Crippen LogP) is 16.4. The average molecular weight is 1330 g/mol. The molecule has 12 nitrogen and oxygen atoms in total. The average Bonchev–Trinajstić information content (AvgIpc) is 1.24. The van der Waals surface area contributed by atoms with Crippen LogP contribution in [0.1, 0.15) is 115 Å². The standard InChI is InChI=1S/2C26H29F3N2O2.C23H25FN2O2S/c1-31(2,22-8-4-3-5-9-22)16-18-11-13-21(14-12-18)30-25(32)20-15-19-7-6-10-23(26(27,28)29)24(19)33-17-20;1-31(2,21-7-4-3-5-8-21)16-18-11-13-20(14-12-18)30-25(32)19-15-22-23(26(27,28)29)9-6-10-24(22)33-17-19;1-26(2,21-9-10-29-15-21)13-16-3-6-20(7-4-16)25-23(27)18-11-17-12-19(24)5-8-22(17)28-14-18/h6-7,10-15,22H,3-5,8-9,16-17H2,1-2H3;6,9-15,21H,3-5,7-8,16-17H2,1-2H3;3-8,11-12,21H,9-10,13-15H2,1-2H3/p+3. The summed E-state index contributed by atoms with van der Waals surface area (Å²) in [5.41, 5.74) is 5.62. The van der Waals surface area contributed by atoms with Crippen LogP contribution in [0.15, 0.2) is 144 Å². The Morgan fingerprint density at radius 1 is 0.463 bits per heavy atom. The number of benzene rings is 6. The first-order chi connectivity index (χ1) is 45.2. The molecule has 1 unspecified atom stereocenters. The van der Waals surface area contributed by atoms with E-state index in [2.05, 4.69) is 70.4 Å². The lowest BCUT2D eigenvalue weighted by molar-refractivity contribution is -0.929. The molecule has 1 saturated heterocycles. The van der Waals surface area contributed by atoms with Gasteiger partial charge in [0.25, 0.3) is 17.7 Å². The Morgan fingerprint density at radius 3 is 1.35 bits per heavy atom. The quantitative estimate of drug-likeness (QED) is 0.0693. The zero-order valence-corrected chi connectivity index (χ0v) is 55.7. The number of amides is 3. The number of hydrogen-bond acceptors (Lipinski definition) is 7. The Bertz CT molecular complexity index is 3790. The van der Waals surface area contributed by atoms with Crippen LogP contribution >= 0.6 is 11.8 Å². The van der Waals surface area contributed by atoms with Crippen molar-refractivity contribution in [3.8, 4) is 17.2 Å². The van der Waals surface area contributed by atoms with Crippen LogP contribution in [0.25, 0.3) is 18.2 Å². The maximum Gasteiger partial charge on any atom is 0.419 e. The molecule has 0 spiro atoms. The third kappa shape index (κ3) is 18.4. The molecular weight excluding hydrogens is 1250 g/mol. The molecular formula is C75H86F7N6O6S+3. The molecule has 20 heteroatoms. The second-order valence-corrected chi connectivity index (χ2v) is 28.5. The van der Waals surface area contributed by atoms with Crippen LogP contribution in [0.4, 0.5) is 47.8 Å². The Balaban J connectivity index is 0.000000156. The highest BCUT2D eigenvalue weighted by atomic mass is 32.2. The summed E-state index contributed by atoms with van der Waals surface area (Å²) in [5, 5.41) is 8.52. The van der Waals surface area contributed by atoms with E-state index in [0.717, 1.165) is 50.9 Å². The first-order valence-electron chi connectivity index (χ1n) is 32.6. The fraction of sp³-hybridized carbons (Fsp3) is 0.400. The molecule has 6 aromatic rings. The highest BCUT2D eigenvalue weighted by molar-refractivity contribution is 7.99. The number of fused-ring (bicyclic) bond motifs is 3. The fourth-order valence-corrected chi connectivity index (χ4v) is 15.0. The van der Waals surface area contributed by atoms with E-state index in [1.165, 1.54) is 147 Å². The molecule has 3 amide bonds. The number of para-hydroxylation sites is 1. The van der Waals surface area contributed by atoms with Crippen LogP contribution in [-0.4, -0.2) is 123 Å². The molecule has 6 aliphatic rings. The van der Waals surface area contributed by atoms with E-state index in [1.54, 1.807) is 12.1 Å². The Labute approximate surface area is 557 Å². The van der Waals surface area contributed by atoms with E-state index in [1.807, 2.05) is 72.4 Å². The van der Waals surface area contributed by atoms with Crippen molar-refractivity contribution in [1.82, 2.24) is 0 Å². The van der Waals surface area contributed by atoms with Gasteiger partial charge in [-0.05, 0) is 148 Å². The number of anilines is 3. The summed E-state index contributed by atoms with van der Waals surface area (Å²) in [4.78, 5) is 38.0. The molecule has 1 atom stereocenters. The lowest BCUT2D eigenvalue weighted by atomic mass is 9.92. The van der Waals surface area contributed by atoms with Crippen LogP contribution in [0.3, 0.4) is 0 Å². The number of ether oxygens (including phenoxy) is 3. The van der Waals surface area contributed by atoms with Gasteiger partial charge in [0.1, 0.15) is 62.5 Å². The molecule has 504 valence electrons. The van der Waals surface area contributed by atoms with Gasteiger partial charge in [-0.25, -0.2) is 4.39 Å². The van der Waals surface area contributed by atoms with Gasteiger partial charge < -0.3 is 43.6 Å². The molecule has 2 saturated carbocycles. The molecule has 0 radical (unpaired) electrons. The van der Waals surface area contributed by atoms with Gasteiger partial charge in [-0.3, -0.25) is 14.4 Å². The minimum atomic E-state index is -4.52. The summed E-state index contributed by atoms with van der Waals surface area (Å²) < 4.78 is 112. The number of quaternary nitrogens is 3. The molecule has 0 aromatic heterocycles. The lowest BCUT2D eigenvalue weighted by Crippen LogP contribution is -2.48. The monoisotopic (exact) mass is 1330 g/mol. The summed E-state index contributed by atoms with van der Waals surface area (Å²) in [5.74, 6) is 1.54. The number of carbonyl (C=O) groups excluding carboxylic acids is 3. The lowest BCUT2D eigenvalue weighted by Gasteiger charge is -2.40. The topological polar surface area (TPSA) is 115 Å². The van der Waals surface area contributed by atoms with Crippen LogP contribution in [0, 0.1) is 5.82 Å². The van der Waals surface area contributed by atoms with E-state index in [-0.39, 0.29) is 71.2 Å².